The van der Waals surface area contributed by atoms with Gasteiger partial charge in [-0.2, -0.15) is 0 Å². The Bertz CT molecular complexity index is 704. The van der Waals surface area contributed by atoms with Crippen molar-refractivity contribution in [1.29, 1.82) is 0 Å². The number of rotatable bonds is 5. The molecule has 4 bridgehead atoms. The van der Waals surface area contributed by atoms with E-state index >= 15 is 0 Å². The molecule has 0 aliphatic heterocycles. The molecule has 0 aromatic carbocycles. The summed E-state index contributed by atoms with van der Waals surface area (Å²) in [6.07, 6.45) is 14.2. The van der Waals surface area contributed by atoms with E-state index in [9.17, 15) is 4.79 Å². The Morgan fingerprint density at radius 3 is 2.29 bits per heavy atom. The molecule has 0 unspecified atom stereocenters. The van der Waals surface area contributed by atoms with Crippen molar-refractivity contribution >= 4 is 17.7 Å². The van der Waals surface area contributed by atoms with Crippen LogP contribution in [0.2, 0.25) is 0 Å². The molecule has 6 rings (SSSR count). The standard InChI is InChI=1S/C22H34N4OS/c1-14(28-21-25-24-15(2)26(21)19-6-4-3-5-7-19)20(27)23-22-11-16-8-17(12-22)10-18(9-16)13-22/h14,16-19H,3-13H2,1-2H3,(H,23,27)/t14-,16?,17?,18?,22?/m1/s1. The molecule has 5 fully saturated rings. The summed E-state index contributed by atoms with van der Waals surface area (Å²) >= 11 is 1.60. The van der Waals surface area contributed by atoms with Crippen LogP contribution in [0.3, 0.4) is 0 Å². The number of thioether (sulfide) groups is 1. The maximum Gasteiger partial charge on any atom is 0.233 e. The van der Waals surface area contributed by atoms with E-state index < -0.39 is 0 Å². The quantitative estimate of drug-likeness (QED) is 0.728. The largest absolute Gasteiger partial charge is 0.350 e. The van der Waals surface area contributed by atoms with Crippen molar-refractivity contribution in [3.63, 3.8) is 0 Å². The number of carbonyl (C=O) groups is 1. The van der Waals surface area contributed by atoms with Gasteiger partial charge in [-0.25, -0.2) is 0 Å². The molecule has 5 nitrogen and oxygen atoms in total. The Balaban J connectivity index is 1.26. The van der Waals surface area contributed by atoms with Gasteiger partial charge in [0.15, 0.2) is 5.16 Å². The number of hydrogen-bond acceptors (Lipinski definition) is 4. The average molecular weight is 403 g/mol. The van der Waals surface area contributed by atoms with Crippen LogP contribution in [0.4, 0.5) is 0 Å². The molecule has 1 aromatic rings. The molecule has 1 N–H and O–H groups in total. The molecule has 0 spiro atoms. The van der Waals surface area contributed by atoms with Gasteiger partial charge in [-0.3, -0.25) is 4.79 Å². The first-order chi connectivity index (χ1) is 13.5. The SMILES string of the molecule is Cc1nnc(S[C@H](C)C(=O)NC23CC4CC(CC(C4)C2)C3)n1C1CCCCC1. The molecular formula is C22H34N4OS. The van der Waals surface area contributed by atoms with Crippen molar-refractivity contribution in [2.45, 2.75) is 106 Å². The van der Waals surface area contributed by atoms with Gasteiger partial charge in [-0.1, -0.05) is 31.0 Å². The molecule has 0 radical (unpaired) electrons. The van der Waals surface area contributed by atoms with Gasteiger partial charge in [-0.15, -0.1) is 10.2 Å². The van der Waals surface area contributed by atoms with Gasteiger partial charge in [0.1, 0.15) is 5.82 Å². The second kappa shape index (κ2) is 7.33. The molecule has 1 aromatic heterocycles. The van der Waals surface area contributed by atoms with Crippen molar-refractivity contribution in [3.8, 4) is 0 Å². The smallest absolute Gasteiger partial charge is 0.233 e. The molecule has 5 aliphatic rings. The normalized spacial score (nSPS) is 35.9. The van der Waals surface area contributed by atoms with Crippen LogP contribution < -0.4 is 5.32 Å². The highest BCUT2D eigenvalue weighted by Gasteiger charge is 2.51. The molecule has 6 heteroatoms. The summed E-state index contributed by atoms with van der Waals surface area (Å²) in [5, 5.41) is 13.1. The number of amides is 1. The maximum atomic E-state index is 13.1. The lowest BCUT2D eigenvalue weighted by atomic mass is 9.53. The number of nitrogens with one attached hydrogen (secondary N) is 1. The second-order valence-corrected chi connectivity index (χ2v) is 11.4. The van der Waals surface area contributed by atoms with Gasteiger partial charge in [0.05, 0.1) is 5.25 Å². The molecule has 154 valence electrons. The molecular weight excluding hydrogens is 368 g/mol. The van der Waals surface area contributed by atoms with E-state index in [-0.39, 0.29) is 16.7 Å². The van der Waals surface area contributed by atoms with E-state index in [2.05, 4.69) is 20.1 Å². The first-order valence-electron chi connectivity index (χ1n) is 11.4. The summed E-state index contributed by atoms with van der Waals surface area (Å²) in [6, 6.07) is 0.504. The van der Waals surface area contributed by atoms with Crippen molar-refractivity contribution in [3.05, 3.63) is 5.82 Å². The van der Waals surface area contributed by atoms with Crippen molar-refractivity contribution in [2.75, 3.05) is 0 Å². The van der Waals surface area contributed by atoms with Crippen LogP contribution in [-0.2, 0) is 4.79 Å². The van der Waals surface area contributed by atoms with E-state index in [1.807, 2.05) is 13.8 Å². The predicted molar refractivity (Wildman–Crippen MR) is 111 cm³/mol. The molecule has 5 aliphatic carbocycles. The van der Waals surface area contributed by atoms with E-state index in [1.54, 1.807) is 11.8 Å². The summed E-state index contributed by atoms with van der Waals surface area (Å²) in [5.74, 6) is 3.75. The number of hydrogen-bond donors (Lipinski definition) is 1. The second-order valence-electron chi connectivity index (χ2n) is 10.1. The Morgan fingerprint density at radius 2 is 1.68 bits per heavy atom. The molecule has 1 heterocycles. The Morgan fingerprint density at radius 1 is 1.07 bits per heavy atom. The minimum Gasteiger partial charge on any atom is -0.350 e. The zero-order valence-corrected chi connectivity index (χ0v) is 18.1. The van der Waals surface area contributed by atoms with Crippen LogP contribution in [0.1, 0.15) is 89.4 Å². The molecule has 1 amide bonds. The van der Waals surface area contributed by atoms with Crippen molar-refractivity contribution in [1.82, 2.24) is 20.1 Å². The van der Waals surface area contributed by atoms with Crippen LogP contribution in [0, 0.1) is 24.7 Å². The van der Waals surface area contributed by atoms with Gasteiger partial charge in [0.25, 0.3) is 0 Å². The fraction of sp³-hybridized carbons (Fsp3) is 0.864. The third-order valence-electron chi connectivity index (χ3n) is 7.85. The number of carbonyl (C=O) groups excluding carboxylic acids is 1. The van der Waals surface area contributed by atoms with E-state index in [0.717, 1.165) is 28.7 Å². The summed E-state index contributed by atoms with van der Waals surface area (Å²) in [4.78, 5) is 13.1. The van der Waals surface area contributed by atoms with Crippen LogP contribution in [0.25, 0.3) is 0 Å². The summed E-state index contributed by atoms with van der Waals surface area (Å²) in [7, 11) is 0. The Labute approximate surface area is 172 Å². The maximum absolute atomic E-state index is 13.1. The van der Waals surface area contributed by atoms with Gasteiger partial charge >= 0.3 is 0 Å². The average Bonchev–Trinajstić information content (AvgIpc) is 3.01. The Kier molecular flexibility index (Phi) is 4.96. The van der Waals surface area contributed by atoms with Crippen molar-refractivity contribution < 1.29 is 4.79 Å². The zero-order valence-electron chi connectivity index (χ0n) is 17.3. The van der Waals surface area contributed by atoms with Gasteiger partial charge in [0.2, 0.25) is 5.91 Å². The van der Waals surface area contributed by atoms with E-state index in [1.165, 1.54) is 70.6 Å². The summed E-state index contributed by atoms with van der Waals surface area (Å²) in [5.41, 5.74) is 0.0909. The minimum atomic E-state index is -0.126. The lowest BCUT2D eigenvalue weighted by molar-refractivity contribution is -0.126. The molecule has 0 saturated heterocycles. The Hall–Kier alpha value is -1.04. The van der Waals surface area contributed by atoms with Crippen LogP contribution in [0.15, 0.2) is 5.16 Å². The van der Waals surface area contributed by atoms with Gasteiger partial charge < -0.3 is 9.88 Å². The van der Waals surface area contributed by atoms with Crippen LogP contribution in [0.5, 0.6) is 0 Å². The highest BCUT2D eigenvalue weighted by Crippen LogP contribution is 2.55. The summed E-state index contributed by atoms with van der Waals surface area (Å²) < 4.78 is 2.30. The van der Waals surface area contributed by atoms with Crippen molar-refractivity contribution in [2.24, 2.45) is 17.8 Å². The van der Waals surface area contributed by atoms with E-state index in [4.69, 9.17) is 0 Å². The van der Waals surface area contributed by atoms with Gasteiger partial charge in [0, 0.05) is 11.6 Å². The number of nitrogens with zero attached hydrogens (tertiary/aromatic N) is 3. The number of aromatic nitrogens is 3. The number of aryl methyl sites for hydroxylation is 1. The van der Waals surface area contributed by atoms with E-state index in [0.29, 0.717) is 6.04 Å². The highest BCUT2D eigenvalue weighted by atomic mass is 32.2. The summed E-state index contributed by atoms with van der Waals surface area (Å²) in [6.45, 7) is 4.08. The molecule has 5 saturated carbocycles. The van der Waals surface area contributed by atoms with Crippen LogP contribution in [-0.4, -0.2) is 31.5 Å². The fourth-order valence-electron chi connectivity index (χ4n) is 7.03. The topological polar surface area (TPSA) is 59.8 Å². The lowest BCUT2D eigenvalue weighted by Crippen LogP contribution is -2.60. The first-order valence-corrected chi connectivity index (χ1v) is 12.3. The lowest BCUT2D eigenvalue weighted by Gasteiger charge is -2.57. The zero-order chi connectivity index (χ0) is 19.3. The van der Waals surface area contributed by atoms with Gasteiger partial charge in [-0.05, 0) is 83.0 Å². The third kappa shape index (κ3) is 3.50. The fourth-order valence-corrected chi connectivity index (χ4v) is 7.99. The highest BCUT2D eigenvalue weighted by molar-refractivity contribution is 8.00. The minimum absolute atomic E-state index is 0.0909. The monoisotopic (exact) mass is 402 g/mol. The van der Waals surface area contributed by atoms with Crippen LogP contribution >= 0.6 is 11.8 Å². The molecule has 28 heavy (non-hydrogen) atoms. The first kappa shape index (κ1) is 19.0. The molecule has 1 atom stereocenters. The third-order valence-corrected chi connectivity index (χ3v) is 8.91. The predicted octanol–water partition coefficient (Wildman–Crippen LogP) is 4.66.